The maximum Gasteiger partial charge on any atom is 0.303 e. The molecule has 0 aromatic heterocycles. The molecule has 1 unspecified atom stereocenters. The predicted octanol–water partition coefficient (Wildman–Crippen LogP) is 2.07. The SMILES string of the molecule is COC(C)CCOCCCCCC(=O)O. The Morgan fingerprint density at radius 1 is 1.27 bits per heavy atom. The second-order valence-corrected chi connectivity index (χ2v) is 3.65. The van der Waals surface area contributed by atoms with Gasteiger partial charge in [-0.3, -0.25) is 4.79 Å². The summed E-state index contributed by atoms with van der Waals surface area (Å²) in [6.07, 6.45) is 4.03. The largest absolute Gasteiger partial charge is 0.481 e. The molecule has 1 N–H and O–H groups in total. The first-order valence-corrected chi connectivity index (χ1v) is 5.49. The Kier molecular flexibility index (Phi) is 9.52. The van der Waals surface area contributed by atoms with E-state index in [2.05, 4.69) is 0 Å². The molecule has 0 aliphatic heterocycles. The van der Waals surface area contributed by atoms with Crippen LogP contribution in [-0.2, 0) is 14.3 Å². The number of hydrogen-bond donors (Lipinski definition) is 1. The van der Waals surface area contributed by atoms with E-state index < -0.39 is 5.97 Å². The van der Waals surface area contributed by atoms with Crippen LogP contribution in [0.3, 0.4) is 0 Å². The predicted molar refractivity (Wildman–Crippen MR) is 58.0 cm³/mol. The summed E-state index contributed by atoms with van der Waals surface area (Å²) < 4.78 is 10.5. The molecule has 0 amide bonds. The van der Waals surface area contributed by atoms with Crippen molar-refractivity contribution in [1.82, 2.24) is 0 Å². The first-order chi connectivity index (χ1) is 7.16. The van der Waals surface area contributed by atoms with Gasteiger partial charge in [0.2, 0.25) is 0 Å². The summed E-state index contributed by atoms with van der Waals surface area (Å²) in [5.74, 6) is -0.718. The highest BCUT2D eigenvalue weighted by Crippen LogP contribution is 2.01. The highest BCUT2D eigenvalue weighted by Gasteiger charge is 1.99. The van der Waals surface area contributed by atoms with E-state index in [1.54, 1.807) is 7.11 Å². The third-order valence-electron chi connectivity index (χ3n) is 2.25. The first-order valence-electron chi connectivity index (χ1n) is 5.49. The van der Waals surface area contributed by atoms with Crippen LogP contribution in [0.1, 0.15) is 39.0 Å². The van der Waals surface area contributed by atoms with Gasteiger partial charge < -0.3 is 14.6 Å². The second-order valence-electron chi connectivity index (χ2n) is 3.65. The number of aliphatic carboxylic acids is 1. The molecule has 0 radical (unpaired) electrons. The summed E-state index contributed by atoms with van der Waals surface area (Å²) in [6, 6.07) is 0. The van der Waals surface area contributed by atoms with Gasteiger partial charge in [-0.1, -0.05) is 6.42 Å². The van der Waals surface area contributed by atoms with Crippen molar-refractivity contribution in [3.8, 4) is 0 Å². The molecule has 0 saturated carbocycles. The Hall–Kier alpha value is -0.610. The Labute approximate surface area is 91.6 Å². The van der Waals surface area contributed by atoms with Crippen LogP contribution in [0.5, 0.6) is 0 Å². The molecular formula is C11H22O4. The standard InChI is InChI=1S/C11H22O4/c1-10(14-2)7-9-15-8-5-3-4-6-11(12)13/h10H,3-9H2,1-2H3,(H,12,13). The smallest absolute Gasteiger partial charge is 0.303 e. The zero-order chi connectivity index (χ0) is 11.5. The number of carboxylic acid groups (broad SMARTS) is 1. The lowest BCUT2D eigenvalue weighted by Gasteiger charge is -2.09. The monoisotopic (exact) mass is 218 g/mol. The van der Waals surface area contributed by atoms with Gasteiger partial charge in [-0.15, -0.1) is 0 Å². The molecule has 0 fully saturated rings. The molecule has 0 aromatic rings. The van der Waals surface area contributed by atoms with Crippen molar-refractivity contribution in [2.24, 2.45) is 0 Å². The third-order valence-corrected chi connectivity index (χ3v) is 2.25. The van der Waals surface area contributed by atoms with Gasteiger partial charge in [0.25, 0.3) is 0 Å². The Balaban J connectivity index is 3.02. The fraction of sp³-hybridized carbons (Fsp3) is 0.909. The molecule has 0 saturated heterocycles. The van der Waals surface area contributed by atoms with E-state index in [-0.39, 0.29) is 12.5 Å². The van der Waals surface area contributed by atoms with Crippen LogP contribution in [0.15, 0.2) is 0 Å². The van der Waals surface area contributed by atoms with E-state index in [1.165, 1.54) is 0 Å². The molecule has 0 rings (SSSR count). The van der Waals surface area contributed by atoms with E-state index >= 15 is 0 Å². The average molecular weight is 218 g/mol. The summed E-state index contributed by atoms with van der Waals surface area (Å²) in [6.45, 7) is 3.44. The molecule has 1 atom stereocenters. The lowest BCUT2D eigenvalue weighted by atomic mass is 10.2. The molecule has 0 heterocycles. The number of rotatable bonds is 10. The van der Waals surface area contributed by atoms with Crippen molar-refractivity contribution in [1.29, 1.82) is 0 Å². The fourth-order valence-corrected chi connectivity index (χ4v) is 1.13. The Morgan fingerprint density at radius 3 is 2.60 bits per heavy atom. The third kappa shape index (κ3) is 11.3. The highest BCUT2D eigenvalue weighted by molar-refractivity contribution is 5.66. The minimum atomic E-state index is -0.718. The van der Waals surface area contributed by atoms with Crippen LogP contribution in [-0.4, -0.2) is 37.5 Å². The molecular weight excluding hydrogens is 196 g/mol. The first kappa shape index (κ1) is 14.4. The van der Waals surface area contributed by atoms with Crippen molar-refractivity contribution in [3.63, 3.8) is 0 Å². The van der Waals surface area contributed by atoms with E-state index in [9.17, 15) is 4.79 Å². The number of ether oxygens (including phenoxy) is 2. The van der Waals surface area contributed by atoms with Gasteiger partial charge in [0, 0.05) is 26.7 Å². The van der Waals surface area contributed by atoms with Gasteiger partial charge in [0.1, 0.15) is 0 Å². The zero-order valence-electron chi connectivity index (χ0n) is 9.70. The van der Waals surface area contributed by atoms with Crippen LogP contribution in [0.2, 0.25) is 0 Å². The average Bonchev–Trinajstić information content (AvgIpc) is 2.21. The quantitative estimate of drug-likeness (QED) is 0.570. The van der Waals surface area contributed by atoms with Crippen LogP contribution in [0.25, 0.3) is 0 Å². The molecule has 15 heavy (non-hydrogen) atoms. The molecule has 4 heteroatoms. The van der Waals surface area contributed by atoms with Crippen molar-refractivity contribution in [2.45, 2.75) is 45.1 Å². The molecule has 0 spiro atoms. The molecule has 0 aliphatic rings. The second kappa shape index (κ2) is 9.93. The summed E-state index contributed by atoms with van der Waals surface area (Å²) in [5.41, 5.74) is 0. The molecule has 0 aliphatic carbocycles. The molecule has 0 aromatic carbocycles. The van der Waals surface area contributed by atoms with Crippen molar-refractivity contribution < 1.29 is 19.4 Å². The van der Waals surface area contributed by atoms with Gasteiger partial charge in [-0.2, -0.15) is 0 Å². The summed E-state index contributed by atoms with van der Waals surface area (Å²) in [5, 5.41) is 8.40. The molecule has 90 valence electrons. The van der Waals surface area contributed by atoms with Crippen molar-refractivity contribution >= 4 is 5.97 Å². The molecule has 0 bridgehead atoms. The van der Waals surface area contributed by atoms with Crippen LogP contribution in [0.4, 0.5) is 0 Å². The number of methoxy groups -OCH3 is 1. The van der Waals surface area contributed by atoms with Crippen molar-refractivity contribution in [3.05, 3.63) is 0 Å². The number of hydrogen-bond acceptors (Lipinski definition) is 3. The number of unbranched alkanes of at least 4 members (excludes halogenated alkanes) is 2. The van der Waals surface area contributed by atoms with Gasteiger partial charge in [-0.25, -0.2) is 0 Å². The minimum Gasteiger partial charge on any atom is -0.481 e. The van der Waals surface area contributed by atoms with Gasteiger partial charge in [0.15, 0.2) is 0 Å². The van der Waals surface area contributed by atoms with E-state index in [0.717, 1.165) is 32.3 Å². The highest BCUT2D eigenvalue weighted by atomic mass is 16.5. The van der Waals surface area contributed by atoms with Gasteiger partial charge in [0.05, 0.1) is 6.10 Å². The lowest BCUT2D eigenvalue weighted by molar-refractivity contribution is -0.137. The number of carboxylic acids is 1. The Morgan fingerprint density at radius 2 is 2.00 bits per heavy atom. The fourth-order valence-electron chi connectivity index (χ4n) is 1.13. The van der Waals surface area contributed by atoms with Crippen LogP contribution >= 0.6 is 0 Å². The maximum absolute atomic E-state index is 10.2. The van der Waals surface area contributed by atoms with E-state index in [4.69, 9.17) is 14.6 Å². The summed E-state index contributed by atoms with van der Waals surface area (Å²) in [7, 11) is 1.69. The van der Waals surface area contributed by atoms with E-state index in [1.807, 2.05) is 6.92 Å². The normalized spacial score (nSPS) is 12.7. The maximum atomic E-state index is 10.2. The summed E-state index contributed by atoms with van der Waals surface area (Å²) in [4.78, 5) is 10.2. The zero-order valence-corrected chi connectivity index (χ0v) is 9.70. The Bertz CT molecular complexity index is 159. The van der Waals surface area contributed by atoms with Gasteiger partial charge >= 0.3 is 5.97 Å². The molecule has 4 nitrogen and oxygen atoms in total. The lowest BCUT2D eigenvalue weighted by Crippen LogP contribution is -2.09. The van der Waals surface area contributed by atoms with E-state index in [0.29, 0.717) is 6.61 Å². The number of carbonyl (C=O) groups is 1. The topological polar surface area (TPSA) is 55.8 Å². The summed E-state index contributed by atoms with van der Waals surface area (Å²) >= 11 is 0. The van der Waals surface area contributed by atoms with Gasteiger partial charge in [-0.05, 0) is 26.2 Å². The van der Waals surface area contributed by atoms with Crippen LogP contribution < -0.4 is 0 Å². The van der Waals surface area contributed by atoms with Crippen LogP contribution in [0, 0.1) is 0 Å². The minimum absolute atomic E-state index is 0.247. The van der Waals surface area contributed by atoms with Crippen molar-refractivity contribution in [2.75, 3.05) is 20.3 Å².